The first-order valence-corrected chi connectivity index (χ1v) is 7.92. The standard InChI is InChI=1S/C17H30N2O2/c1-5-19(6-2)11-7-8-14(3)18-13-15-9-10-16(21-4)12-17(15)20/h9-10,12,14,18,20H,5-8,11,13H2,1-4H3. The molecule has 4 heteroatoms. The minimum absolute atomic E-state index is 0.289. The van der Waals surface area contributed by atoms with Crippen LogP contribution >= 0.6 is 0 Å². The quantitative estimate of drug-likeness (QED) is 0.696. The van der Waals surface area contributed by atoms with Crippen LogP contribution in [-0.2, 0) is 6.54 Å². The summed E-state index contributed by atoms with van der Waals surface area (Å²) in [6.45, 7) is 10.7. The third-order valence-corrected chi connectivity index (χ3v) is 3.94. The number of nitrogens with zero attached hydrogens (tertiary/aromatic N) is 1. The zero-order valence-corrected chi connectivity index (χ0v) is 13.9. The Labute approximate surface area is 129 Å². The van der Waals surface area contributed by atoms with Crippen LogP contribution in [0.1, 0.15) is 39.2 Å². The van der Waals surface area contributed by atoms with Gasteiger partial charge in [-0.15, -0.1) is 0 Å². The zero-order chi connectivity index (χ0) is 15.7. The van der Waals surface area contributed by atoms with Crippen LogP contribution in [0.2, 0.25) is 0 Å². The maximum atomic E-state index is 9.92. The maximum Gasteiger partial charge on any atom is 0.123 e. The number of phenolic OH excluding ortho intramolecular Hbond substituents is 1. The Hall–Kier alpha value is -1.26. The van der Waals surface area contributed by atoms with E-state index in [0.717, 1.165) is 31.6 Å². The molecule has 0 amide bonds. The molecule has 0 saturated carbocycles. The van der Waals surface area contributed by atoms with Gasteiger partial charge in [0.05, 0.1) is 7.11 Å². The molecule has 0 saturated heterocycles. The monoisotopic (exact) mass is 294 g/mol. The lowest BCUT2D eigenvalue weighted by atomic mass is 10.1. The van der Waals surface area contributed by atoms with Crippen molar-refractivity contribution in [2.75, 3.05) is 26.7 Å². The molecule has 0 radical (unpaired) electrons. The van der Waals surface area contributed by atoms with E-state index in [9.17, 15) is 5.11 Å². The highest BCUT2D eigenvalue weighted by Gasteiger charge is 2.07. The van der Waals surface area contributed by atoms with Crippen LogP contribution in [0.15, 0.2) is 18.2 Å². The van der Waals surface area contributed by atoms with E-state index in [1.54, 1.807) is 13.2 Å². The Bertz CT molecular complexity index is 406. The van der Waals surface area contributed by atoms with Crippen LogP contribution in [0.4, 0.5) is 0 Å². The van der Waals surface area contributed by atoms with Gasteiger partial charge in [-0.25, -0.2) is 0 Å². The third kappa shape index (κ3) is 6.36. The van der Waals surface area contributed by atoms with E-state index in [1.807, 2.05) is 12.1 Å². The summed E-state index contributed by atoms with van der Waals surface area (Å²) < 4.78 is 5.09. The van der Waals surface area contributed by atoms with E-state index in [1.165, 1.54) is 6.42 Å². The van der Waals surface area contributed by atoms with Gasteiger partial charge < -0.3 is 20.1 Å². The number of phenols is 1. The van der Waals surface area contributed by atoms with Gasteiger partial charge in [0.25, 0.3) is 0 Å². The Kier molecular flexibility index (Phi) is 8.16. The van der Waals surface area contributed by atoms with Crippen LogP contribution in [0.5, 0.6) is 11.5 Å². The number of hydrogen-bond donors (Lipinski definition) is 2. The van der Waals surface area contributed by atoms with E-state index in [-0.39, 0.29) is 5.75 Å². The summed E-state index contributed by atoms with van der Waals surface area (Å²) in [6, 6.07) is 5.88. The predicted octanol–water partition coefficient (Wildman–Crippen LogP) is 3.00. The van der Waals surface area contributed by atoms with Gasteiger partial charge in [-0.2, -0.15) is 0 Å². The van der Waals surface area contributed by atoms with Gasteiger partial charge in [-0.1, -0.05) is 19.9 Å². The molecule has 1 aromatic rings. The SMILES string of the molecule is CCN(CC)CCCC(C)NCc1ccc(OC)cc1O. The van der Waals surface area contributed by atoms with Gasteiger partial charge in [0.15, 0.2) is 0 Å². The molecule has 120 valence electrons. The van der Waals surface area contributed by atoms with Crippen molar-refractivity contribution >= 4 is 0 Å². The van der Waals surface area contributed by atoms with Gasteiger partial charge in [-0.3, -0.25) is 0 Å². The fraction of sp³-hybridized carbons (Fsp3) is 0.647. The van der Waals surface area contributed by atoms with Crippen LogP contribution in [0, 0.1) is 0 Å². The van der Waals surface area contributed by atoms with Crippen molar-refractivity contribution in [2.24, 2.45) is 0 Å². The van der Waals surface area contributed by atoms with Crippen molar-refractivity contribution in [2.45, 2.75) is 46.2 Å². The van der Waals surface area contributed by atoms with Gasteiger partial charge in [0, 0.05) is 24.2 Å². The number of rotatable bonds is 10. The molecular formula is C17H30N2O2. The van der Waals surface area contributed by atoms with E-state index in [2.05, 4.69) is 31.0 Å². The lowest BCUT2D eigenvalue weighted by Crippen LogP contribution is -2.28. The number of methoxy groups -OCH3 is 1. The lowest BCUT2D eigenvalue weighted by molar-refractivity contribution is 0.290. The minimum atomic E-state index is 0.289. The summed E-state index contributed by atoms with van der Waals surface area (Å²) in [6.07, 6.45) is 2.35. The highest BCUT2D eigenvalue weighted by atomic mass is 16.5. The van der Waals surface area contributed by atoms with Crippen LogP contribution in [-0.4, -0.2) is 42.8 Å². The normalized spacial score (nSPS) is 12.6. The number of ether oxygens (including phenoxy) is 1. The van der Waals surface area contributed by atoms with Crippen molar-refractivity contribution in [3.8, 4) is 11.5 Å². The number of nitrogens with one attached hydrogen (secondary N) is 1. The van der Waals surface area contributed by atoms with Crippen LogP contribution < -0.4 is 10.1 Å². The Morgan fingerprint density at radius 1 is 1.29 bits per heavy atom. The number of aromatic hydroxyl groups is 1. The Morgan fingerprint density at radius 2 is 2.00 bits per heavy atom. The smallest absolute Gasteiger partial charge is 0.123 e. The van der Waals surface area contributed by atoms with E-state index in [0.29, 0.717) is 18.3 Å². The molecule has 0 heterocycles. The fourth-order valence-corrected chi connectivity index (χ4v) is 2.37. The van der Waals surface area contributed by atoms with Crippen LogP contribution in [0.3, 0.4) is 0 Å². The second-order valence-electron chi connectivity index (χ2n) is 5.45. The van der Waals surface area contributed by atoms with Crippen molar-refractivity contribution < 1.29 is 9.84 Å². The molecule has 0 aliphatic carbocycles. The molecule has 2 N–H and O–H groups in total. The Balaban J connectivity index is 2.31. The summed E-state index contributed by atoms with van der Waals surface area (Å²) in [5.74, 6) is 0.973. The average Bonchev–Trinajstić information content (AvgIpc) is 2.50. The second-order valence-corrected chi connectivity index (χ2v) is 5.45. The van der Waals surface area contributed by atoms with Crippen molar-refractivity contribution in [3.05, 3.63) is 23.8 Å². The van der Waals surface area contributed by atoms with Crippen molar-refractivity contribution in [1.29, 1.82) is 0 Å². The lowest BCUT2D eigenvalue weighted by Gasteiger charge is -2.20. The van der Waals surface area contributed by atoms with Crippen molar-refractivity contribution in [1.82, 2.24) is 10.2 Å². The molecule has 4 nitrogen and oxygen atoms in total. The molecule has 21 heavy (non-hydrogen) atoms. The summed E-state index contributed by atoms with van der Waals surface area (Å²) in [7, 11) is 1.60. The highest BCUT2D eigenvalue weighted by Crippen LogP contribution is 2.23. The van der Waals surface area contributed by atoms with Crippen molar-refractivity contribution in [3.63, 3.8) is 0 Å². The first-order valence-electron chi connectivity index (χ1n) is 7.92. The van der Waals surface area contributed by atoms with E-state index >= 15 is 0 Å². The molecule has 1 unspecified atom stereocenters. The van der Waals surface area contributed by atoms with Crippen LogP contribution in [0.25, 0.3) is 0 Å². The molecule has 0 bridgehead atoms. The maximum absolute atomic E-state index is 9.92. The van der Waals surface area contributed by atoms with E-state index < -0.39 is 0 Å². The summed E-state index contributed by atoms with van der Waals surface area (Å²) in [5, 5.41) is 13.4. The summed E-state index contributed by atoms with van der Waals surface area (Å²) in [5.41, 5.74) is 0.909. The van der Waals surface area contributed by atoms with Gasteiger partial charge in [-0.05, 0) is 45.5 Å². The van der Waals surface area contributed by atoms with E-state index in [4.69, 9.17) is 4.74 Å². The average molecular weight is 294 g/mol. The van der Waals surface area contributed by atoms with Gasteiger partial charge in [0.1, 0.15) is 11.5 Å². The predicted molar refractivity (Wildman–Crippen MR) is 88.0 cm³/mol. The van der Waals surface area contributed by atoms with Gasteiger partial charge >= 0.3 is 0 Å². The number of benzene rings is 1. The first kappa shape index (κ1) is 17.8. The second kappa shape index (κ2) is 9.64. The molecule has 0 aromatic heterocycles. The molecule has 0 spiro atoms. The molecular weight excluding hydrogens is 264 g/mol. The Morgan fingerprint density at radius 3 is 2.57 bits per heavy atom. The molecule has 1 rings (SSSR count). The number of hydrogen-bond acceptors (Lipinski definition) is 4. The largest absolute Gasteiger partial charge is 0.507 e. The van der Waals surface area contributed by atoms with Gasteiger partial charge in [0.2, 0.25) is 0 Å². The summed E-state index contributed by atoms with van der Waals surface area (Å²) in [4.78, 5) is 2.45. The molecule has 0 aliphatic heterocycles. The molecule has 1 aromatic carbocycles. The topological polar surface area (TPSA) is 44.7 Å². The molecule has 0 fully saturated rings. The minimum Gasteiger partial charge on any atom is -0.507 e. The first-order chi connectivity index (χ1) is 10.1. The zero-order valence-electron chi connectivity index (χ0n) is 13.9. The molecule has 1 atom stereocenters. The summed E-state index contributed by atoms with van der Waals surface area (Å²) >= 11 is 0. The highest BCUT2D eigenvalue weighted by molar-refractivity contribution is 5.39. The fourth-order valence-electron chi connectivity index (χ4n) is 2.37. The third-order valence-electron chi connectivity index (χ3n) is 3.94. The molecule has 0 aliphatic rings.